The highest BCUT2D eigenvalue weighted by Gasteiger charge is 2.26. The molecule has 134 valence electrons. The molecule has 0 aliphatic carbocycles. The molecule has 1 amide bonds. The minimum absolute atomic E-state index is 0.164. The lowest BCUT2D eigenvalue weighted by atomic mass is 10.2. The second-order valence-electron chi connectivity index (χ2n) is 5.72. The molecule has 0 bridgehead atoms. The number of nitrogens with zero attached hydrogens (tertiary/aromatic N) is 1. The summed E-state index contributed by atoms with van der Waals surface area (Å²) in [7, 11) is -3.81. The summed E-state index contributed by atoms with van der Waals surface area (Å²) in [6.45, 7) is 2.40. The highest BCUT2D eigenvalue weighted by molar-refractivity contribution is 7.92. The smallest absolute Gasteiger partial charge is 0.264 e. The van der Waals surface area contributed by atoms with Crippen LogP contribution in [0.5, 0.6) is 0 Å². The van der Waals surface area contributed by atoms with E-state index >= 15 is 0 Å². The number of nitrogens with one attached hydrogen (secondary N) is 1. The van der Waals surface area contributed by atoms with Crippen molar-refractivity contribution in [1.29, 1.82) is 0 Å². The van der Waals surface area contributed by atoms with Gasteiger partial charge < -0.3 is 5.32 Å². The van der Waals surface area contributed by atoms with E-state index in [1.165, 1.54) is 12.1 Å². The fraction of sp³-hybridized carbons (Fsp3) is 0.316. The van der Waals surface area contributed by atoms with Gasteiger partial charge in [-0.15, -0.1) is 0 Å². The maximum atomic E-state index is 13.0. The zero-order valence-electron chi connectivity index (χ0n) is 14.4. The van der Waals surface area contributed by atoms with Crippen LogP contribution in [0.2, 0.25) is 0 Å². The average Bonchev–Trinajstić information content (AvgIpc) is 2.64. The maximum absolute atomic E-state index is 13.0. The molecule has 0 atom stereocenters. The first kappa shape index (κ1) is 19.0. The Kier molecular flexibility index (Phi) is 7.01. The number of hydrogen-bond donors (Lipinski definition) is 1. The number of rotatable bonds is 9. The van der Waals surface area contributed by atoms with Crippen molar-refractivity contribution >= 4 is 21.6 Å². The summed E-state index contributed by atoms with van der Waals surface area (Å²) < 4.78 is 27.1. The monoisotopic (exact) mass is 360 g/mol. The number of hydrogen-bond acceptors (Lipinski definition) is 3. The lowest BCUT2D eigenvalue weighted by Crippen LogP contribution is -2.41. The molecule has 0 aliphatic heterocycles. The molecule has 2 aromatic rings. The van der Waals surface area contributed by atoms with Crippen molar-refractivity contribution in [3.05, 3.63) is 60.7 Å². The second kappa shape index (κ2) is 9.22. The highest BCUT2D eigenvalue weighted by Crippen LogP contribution is 2.22. The van der Waals surface area contributed by atoms with E-state index in [-0.39, 0.29) is 17.3 Å². The Balaban J connectivity index is 2.22. The van der Waals surface area contributed by atoms with E-state index in [9.17, 15) is 13.2 Å². The van der Waals surface area contributed by atoms with Crippen LogP contribution >= 0.6 is 0 Å². The summed E-state index contributed by atoms with van der Waals surface area (Å²) >= 11 is 0. The standard InChI is InChI=1S/C19H24N2O3S/c1-2-3-10-15-20-19(22)16-21(17-11-6-4-7-12-17)25(23,24)18-13-8-5-9-14-18/h4-9,11-14H,2-3,10,15-16H2,1H3,(H,20,22). The van der Waals surface area contributed by atoms with E-state index < -0.39 is 10.0 Å². The van der Waals surface area contributed by atoms with Gasteiger partial charge in [-0.05, 0) is 30.7 Å². The van der Waals surface area contributed by atoms with Gasteiger partial charge in [0.05, 0.1) is 10.6 Å². The summed E-state index contributed by atoms with van der Waals surface area (Å²) in [5.41, 5.74) is 0.468. The Bertz CT molecular complexity index is 762. The Morgan fingerprint density at radius 3 is 2.16 bits per heavy atom. The number of benzene rings is 2. The van der Waals surface area contributed by atoms with Crippen molar-refractivity contribution < 1.29 is 13.2 Å². The minimum Gasteiger partial charge on any atom is -0.355 e. The van der Waals surface area contributed by atoms with Gasteiger partial charge in [0.25, 0.3) is 10.0 Å². The van der Waals surface area contributed by atoms with Gasteiger partial charge in [0.1, 0.15) is 6.54 Å². The SMILES string of the molecule is CCCCCNC(=O)CN(c1ccccc1)S(=O)(=O)c1ccccc1. The third kappa shape index (κ3) is 5.32. The molecule has 0 aromatic heterocycles. The van der Waals surface area contributed by atoms with Crippen molar-refractivity contribution in [2.75, 3.05) is 17.4 Å². The fourth-order valence-corrected chi connectivity index (χ4v) is 3.86. The number of amides is 1. The van der Waals surface area contributed by atoms with Crippen LogP contribution < -0.4 is 9.62 Å². The molecule has 2 rings (SSSR count). The van der Waals surface area contributed by atoms with Gasteiger partial charge in [-0.2, -0.15) is 0 Å². The number of para-hydroxylation sites is 1. The molecule has 0 spiro atoms. The Morgan fingerprint density at radius 2 is 1.56 bits per heavy atom. The predicted molar refractivity (Wildman–Crippen MR) is 100.0 cm³/mol. The first-order valence-electron chi connectivity index (χ1n) is 8.45. The van der Waals surface area contributed by atoms with Crippen LogP contribution in [0.15, 0.2) is 65.6 Å². The van der Waals surface area contributed by atoms with Gasteiger partial charge in [0, 0.05) is 6.54 Å². The van der Waals surface area contributed by atoms with Crippen LogP contribution in [-0.2, 0) is 14.8 Å². The van der Waals surface area contributed by atoms with Gasteiger partial charge in [0.2, 0.25) is 5.91 Å². The van der Waals surface area contributed by atoms with Gasteiger partial charge in [-0.3, -0.25) is 9.10 Å². The first-order chi connectivity index (χ1) is 12.1. The molecule has 2 aromatic carbocycles. The van der Waals surface area contributed by atoms with Crippen LogP contribution in [0, 0.1) is 0 Å². The fourth-order valence-electron chi connectivity index (χ4n) is 2.42. The van der Waals surface area contributed by atoms with Crippen molar-refractivity contribution in [1.82, 2.24) is 5.32 Å². The lowest BCUT2D eigenvalue weighted by Gasteiger charge is -2.24. The zero-order valence-corrected chi connectivity index (χ0v) is 15.2. The summed E-state index contributed by atoms with van der Waals surface area (Å²) in [4.78, 5) is 12.4. The molecular weight excluding hydrogens is 336 g/mol. The average molecular weight is 360 g/mol. The molecule has 0 radical (unpaired) electrons. The van der Waals surface area contributed by atoms with Crippen LogP contribution in [0.25, 0.3) is 0 Å². The highest BCUT2D eigenvalue weighted by atomic mass is 32.2. The second-order valence-corrected chi connectivity index (χ2v) is 7.58. The quantitative estimate of drug-likeness (QED) is 0.699. The van der Waals surface area contributed by atoms with Gasteiger partial charge in [-0.1, -0.05) is 56.2 Å². The molecule has 0 fully saturated rings. The summed E-state index contributed by atoms with van der Waals surface area (Å²) in [6, 6.07) is 16.8. The van der Waals surface area contributed by atoms with E-state index in [2.05, 4.69) is 12.2 Å². The summed E-state index contributed by atoms with van der Waals surface area (Å²) in [6.07, 6.45) is 2.98. The lowest BCUT2D eigenvalue weighted by molar-refractivity contribution is -0.119. The van der Waals surface area contributed by atoms with Crippen molar-refractivity contribution in [3.8, 4) is 0 Å². The van der Waals surface area contributed by atoms with Crippen molar-refractivity contribution in [2.24, 2.45) is 0 Å². The number of carbonyl (C=O) groups is 1. The topological polar surface area (TPSA) is 66.5 Å². The van der Waals surface area contributed by atoms with Crippen LogP contribution in [-0.4, -0.2) is 27.4 Å². The molecule has 5 nitrogen and oxygen atoms in total. The molecule has 6 heteroatoms. The Morgan fingerprint density at radius 1 is 0.960 bits per heavy atom. The molecular formula is C19H24N2O3S. The maximum Gasteiger partial charge on any atom is 0.264 e. The molecule has 1 N–H and O–H groups in total. The molecule has 0 unspecified atom stereocenters. The van der Waals surface area contributed by atoms with E-state index in [0.29, 0.717) is 12.2 Å². The third-order valence-corrected chi connectivity index (χ3v) is 5.55. The van der Waals surface area contributed by atoms with Gasteiger partial charge >= 0.3 is 0 Å². The number of sulfonamides is 1. The molecule has 0 heterocycles. The van der Waals surface area contributed by atoms with E-state index in [1.807, 2.05) is 6.07 Å². The molecule has 0 saturated heterocycles. The van der Waals surface area contributed by atoms with Crippen LogP contribution in [0.3, 0.4) is 0 Å². The minimum atomic E-state index is -3.81. The Labute approximate surface area is 149 Å². The number of carbonyl (C=O) groups excluding carboxylic acids is 1. The number of anilines is 1. The summed E-state index contributed by atoms with van der Waals surface area (Å²) in [5, 5.41) is 2.80. The number of unbranched alkanes of at least 4 members (excludes halogenated alkanes) is 2. The summed E-state index contributed by atoms with van der Waals surface area (Å²) in [5.74, 6) is -0.306. The zero-order chi connectivity index (χ0) is 18.1. The largest absolute Gasteiger partial charge is 0.355 e. The van der Waals surface area contributed by atoms with E-state index in [4.69, 9.17) is 0 Å². The van der Waals surface area contributed by atoms with Gasteiger partial charge in [-0.25, -0.2) is 8.42 Å². The van der Waals surface area contributed by atoms with Crippen LogP contribution in [0.4, 0.5) is 5.69 Å². The molecule has 25 heavy (non-hydrogen) atoms. The first-order valence-corrected chi connectivity index (χ1v) is 9.89. The van der Waals surface area contributed by atoms with Crippen molar-refractivity contribution in [3.63, 3.8) is 0 Å². The van der Waals surface area contributed by atoms with E-state index in [0.717, 1.165) is 23.6 Å². The normalized spacial score (nSPS) is 11.1. The third-order valence-electron chi connectivity index (χ3n) is 3.77. The van der Waals surface area contributed by atoms with Crippen molar-refractivity contribution in [2.45, 2.75) is 31.1 Å². The molecule has 0 saturated carbocycles. The Hall–Kier alpha value is -2.34. The van der Waals surface area contributed by atoms with Gasteiger partial charge in [0.15, 0.2) is 0 Å². The van der Waals surface area contributed by atoms with E-state index in [1.54, 1.807) is 42.5 Å². The molecule has 0 aliphatic rings. The predicted octanol–water partition coefficient (Wildman–Crippen LogP) is 3.19. The van der Waals surface area contributed by atoms with Crippen LogP contribution in [0.1, 0.15) is 26.2 Å².